The number of hydrogen-bond donors (Lipinski definition) is 0. The van der Waals surface area contributed by atoms with Crippen molar-refractivity contribution in [1.82, 2.24) is 0 Å². The SMILES string of the molecule is CCCCCCC(C)OC(=O)c1ccc(C(=O)Cl)cc1. The van der Waals surface area contributed by atoms with Crippen LogP contribution >= 0.6 is 11.6 Å². The maximum Gasteiger partial charge on any atom is 0.338 e. The second kappa shape index (κ2) is 8.75. The number of rotatable bonds is 8. The highest BCUT2D eigenvalue weighted by atomic mass is 35.5. The van der Waals surface area contributed by atoms with Gasteiger partial charge in [0.15, 0.2) is 0 Å². The summed E-state index contributed by atoms with van der Waals surface area (Å²) in [6.07, 6.45) is 5.44. The van der Waals surface area contributed by atoms with Gasteiger partial charge in [0, 0.05) is 5.56 Å². The second-order valence-corrected chi connectivity index (χ2v) is 5.26. The van der Waals surface area contributed by atoms with Gasteiger partial charge < -0.3 is 4.74 Å². The summed E-state index contributed by atoms with van der Waals surface area (Å²) in [6, 6.07) is 6.17. The average molecular weight is 297 g/mol. The van der Waals surface area contributed by atoms with Crippen molar-refractivity contribution in [3.05, 3.63) is 35.4 Å². The molecular weight excluding hydrogens is 276 g/mol. The number of hydrogen-bond acceptors (Lipinski definition) is 3. The molecule has 0 saturated heterocycles. The van der Waals surface area contributed by atoms with E-state index in [0.717, 1.165) is 12.8 Å². The molecule has 0 fully saturated rings. The summed E-state index contributed by atoms with van der Waals surface area (Å²) in [7, 11) is 0. The zero-order valence-electron chi connectivity index (χ0n) is 12.0. The lowest BCUT2D eigenvalue weighted by atomic mass is 10.1. The maximum absolute atomic E-state index is 11.9. The lowest BCUT2D eigenvalue weighted by molar-refractivity contribution is 0.0319. The third-order valence-corrected chi connectivity index (χ3v) is 3.34. The van der Waals surface area contributed by atoms with E-state index in [4.69, 9.17) is 16.3 Å². The average Bonchev–Trinajstić information content (AvgIpc) is 2.43. The highest BCUT2D eigenvalue weighted by Gasteiger charge is 2.12. The largest absolute Gasteiger partial charge is 0.459 e. The van der Waals surface area contributed by atoms with Gasteiger partial charge in [0.05, 0.1) is 11.7 Å². The van der Waals surface area contributed by atoms with Crippen LogP contribution < -0.4 is 0 Å². The summed E-state index contributed by atoms with van der Waals surface area (Å²) in [4.78, 5) is 22.8. The van der Waals surface area contributed by atoms with Crippen molar-refractivity contribution in [2.45, 2.75) is 52.1 Å². The van der Waals surface area contributed by atoms with E-state index in [-0.39, 0.29) is 12.1 Å². The standard InChI is InChI=1S/C16H21ClO3/c1-3-4-5-6-7-12(2)20-16(19)14-10-8-13(9-11-14)15(17)18/h8-12H,3-7H2,1-2H3. The molecule has 0 spiro atoms. The third-order valence-electron chi connectivity index (χ3n) is 3.12. The first kappa shape index (κ1) is 16.7. The predicted octanol–water partition coefficient (Wildman–Crippen LogP) is 4.58. The fraction of sp³-hybridized carbons (Fsp3) is 0.500. The van der Waals surface area contributed by atoms with E-state index in [1.807, 2.05) is 6.92 Å². The fourth-order valence-corrected chi connectivity index (χ4v) is 2.03. The zero-order valence-corrected chi connectivity index (χ0v) is 12.8. The Bertz CT molecular complexity index is 440. The van der Waals surface area contributed by atoms with Crippen molar-refractivity contribution in [2.75, 3.05) is 0 Å². The van der Waals surface area contributed by atoms with Gasteiger partial charge in [-0.1, -0.05) is 26.2 Å². The van der Waals surface area contributed by atoms with Gasteiger partial charge in [-0.15, -0.1) is 0 Å². The van der Waals surface area contributed by atoms with Gasteiger partial charge in [-0.05, 0) is 55.6 Å². The summed E-state index contributed by atoms with van der Waals surface area (Å²) in [5, 5.41) is -0.533. The molecule has 0 aromatic heterocycles. The molecule has 0 radical (unpaired) electrons. The van der Waals surface area contributed by atoms with Gasteiger partial charge in [0.25, 0.3) is 5.24 Å². The highest BCUT2D eigenvalue weighted by molar-refractivity contribution is 6.67. The summed E-state index contributed by atoms with van der Waals surface area (Å²) in [6.45, 7) is 4.07. The molecule has 0 amide bonds. The Hall–Kier alpha value is -1.35. The van der Waals surface area contributed by atoms with Gasteiger partial charge in [0.1, 0.15) is 0 Å². The number of ether oxygens (including phenoxy) is 1. The lowest BCUT2D eigenvalue weighted by Crippen LogP contribution is -2.15. The van der Waals surface area contributed by atoms with Gasteiger partial charge in [0.2, 0.25) is 0 Å². The lowest BCUT2D eigenvalue weighted by Gasteiger charge is -2.13. The number of esters is 1. The molecule has 1 unspecified atom stereocenters. The van der Waals surface area contributed by atoms with Crippen LogP contribution in [-0.4, -0.2) is 17.3 Å². The van der Waals surface area contributed by atoms with Crippen molar-refractivity contribution < 1.29 is 14.3 Å². The molecule has 4 heteroatoms. The number of benzene rings is 1. The van der Waals surface area contributed by atoms with E-state index in [9.17, 15) is 9.59 Å². The topological polar surface area (TPSA) is 43.4 Å². The minimum absolute atomic E-state index is 0.0892. The first-order valence-electron chi connectivity index (χ1n) is 7.05. The van der Waals surface area contributed by atoms with Crippen LogP contribution in [0.25, 0.3) is 0 Å². The fourth-order valence-electron chi connectivity index (χ4n) is 1.91. The first-order valence-corrected chi connectivity index (χ1v) is 7.43. The van der Waals surface area contributed by atoms with Crippen LogP contribution in [0.3, 0.4) is 0 Å². The van der Waals surface area contributed by atoms with E-state index in [2.05, 4.69) is 6.92 Å². The Kier molecular flexibility index (Phi) is 7.31. The second-order valence-electron chi connectivity index (χ2n) is 4.92. The van der Waals surface area contributed by atoms with Gasteiger partial charge in [-0.25, -0.2) is 4.79 Å². The van der Waals surface area contributed by atoms with E-state index in [1.54, 1.807) is 12.1 Å². The van der Waals surface area contributed by atoms with E-state index < -0.39 is 5.24 Å². The van der Waals surface area contributed by atoms with E-state index in [0.29, 0.717) is 11.1 Å². The highest BCUT2D eigenvalue weighted by Crippen LogP contribution is 2.12. The van der Waals surface area contributed by atoms with Crippen LogP contribution in [0.15, 0.2) is 24.3 Å². The van der Waals surface area contributed by atoms with Gasteiger partial charge in [-0.3, -0.25) is 4.79 Å². The van der Waals surface area contributed by atoms with Crippen LogP contribution in [0.5, 0.6) is 0 Å². The van der Waals surface area contributed by atoms with Crippen LogP contribution in [0.2, 0.25) is 0 Å². The minimum Gasteiger partial charge on any atom is -0.459 e. The number of carbonyl (C=O) groups is 2. The number of unbranched alkanes of at least 4 members (excludes halogenated alkanes) is 3. The molecule has 0 N–H and O–H groups in total. The summed E-state index contributed by atoms with van der Waals surface area (Å²) < 4.78 is 5.36. The Morgan fingerprint density at radius 2 is 1.70 bits per heavy atom. The third kappa shape index (κ3) is 5.74. The summed E-state index contributed by atoms with van der Waals surface area (Å²) >= 11 is 5.35. The van der Waals surface area contributed by atoms with Crippen molar-refractivity contribution in [2.24, 2.45) is 0 Å². The molecule has 20 heavy (non-hydrogen) atoms. The van der Waals surface area contributed by atoms with E-state index in [1.165, 1.54) is 31.4 Å². The van der Waals surface area contributed by atoms with Crippen LogP contribution in [-0.2, 0) is 4.74 Å². The first-order chi connectivity index (χ1) is 9.54. The van der Waals surface area contributed by atoms with Gasteiger partial charge in [-0.2, -0.15) is 0 Å². The van der Waals surface area contributed by atoms with Crippen LogP contribution in [0.4, 0.5) is 0 Å². The quantitative estimate of drug-likeness (QED) is 0.400. The Balaban J connectivity index is 2.43. The molecule has 0 aliphatic heterocycles. The molecule has 110 valence electrons. The molecule has 3 nitrogen and oxygen atoms in total. The van der Waals surface area contributed by atoms with Crippen molar-refractivity contribution in [3.63, 3.8) is 0 Å². The molecule has 1 rings (SSSR count). The van der Waals surface area contributed by atoms with Gasteiger partial charge >= 0.3 is 5.97 Å². The molecule has 0 saturated carbocycles. The molecule has 0 bridgehead atoms. The number of carbonyl (C=O) groups excluding carboxylic acids is 2. The Morgan fingerprint density at radius 3 is 2.25 bits per heavy atom. The van der Waals surface area contributed by atoms with Crippen LogP contribution in [0, 0.1) is 0 Å². The Morgan fingerprint density at radius 1 is 1.10 bits per heavy atom. The molecule has 0 aliphatic rings. The van der Waals surface area contributed by atoms with Crippen LogP contribution in [0.1, 0.15) is 66.7 Å². The summed E-state index contributed by atoms with van der Waals surface area (Å²) in [5.41, 5.74) is 0.808. The minimum atomic E-state index is -0.533. The molecule has 1 aromatic carbocycles. The monoisotopic (exact) mass is 296 g/mol. The van der Waals surface area contributed by atoms with Crippen molar-refractivity contribution in [3.8, 4) is 0 Å². The number of halogens is 1. The zero-order chi connectivity index (χ0) is 15.0. The smallest absolute Gasteiger partial charge is 0.338 e. The molecule has 0 aliphatic carbocycles. The molecule has 1 atom stereocenters. The molecule has 0 heterocycles. The summed E-state index contributed by atoms with van der Waals surface area (Å²) in [5.74, 6) is -0.360. The van der Waals surface area contributed by atoms with Crippen molar-refractivity contribution in [1.29, 1.82) is 0 Å². The predicted molar refractivity (Wildman–Crippen MR) is 80.3 cm³/mol. The van der Waals surface area contributed by atoms with E-state index >= 15 is 0 Å². The van der Waals surface area contributed by atoms with Crippen molar-refractivity contribution >= 4 is 22.8 Å². The maximum atomic E-state index is 11.9. The molecule has 1 aromatic rings. The molecular formula is C16H21ClO3. The Labute approximate surface area is 125 Å². The normalized spacial score (nSPS) is 11.9.